The van der Waals surface area contributed by atoms with E-state index in [1.807, 2.05) is 43.3 Å². The zero-order chi connectivity index (χ0) is 17.6. The molecule has 1 atom stereocenters. The third kappa shape index (κ3) is 6.87. The van der Waals surface area contributed by atoms with Gasteiger partial charge in [0.05, 0.1) is 6.61 Å². The molecule has 1 aliphatic rings. The first kappa shape index (κ1) is 25.4. The van der Waals surface area contributed by atoms with E-state index in [1.54, 1.807) is 7.11 Å². The molecule has 2 N–H and O–H groups in total. The van der Waals surface area contributed by atoms with Crippen LogP contribution in [-0.2, 0) is 9.53 Å². The molecule has 0 saturated carbocycles. The molecule has 0 radical (unpaired) electrons. The predicted molar refractivity (Wildman–Crippen MR) is 112 cm³/mol. The number of nitrogens with zero attached hydrogens (tertiary/aromatic N) is 1. The Kier molecular flexibility index (Phi) is 11.7. The third-order valence-corrected chi connectivity index (χ3v) is 4.92. The Bertz CT molecular complexity index is 547. The first-order chi connectivity index (χ1) is 11.5. The monoisotopic (exact) mass is 425 g/mol. The standard InChI is InChI=1S/C18H28ClN3O2.2ClH/c1-22(2)16(14-5-4-6-15(19)11-14)17(23)21-12-18(13-24-3)7-9-20-10-8-18;;/h4-6,11,16,20H,7-10,12-13H2,1-3H3,(H,21,23);2*1H. The number of piperidine rings is 1. The van der Waals surface area contributed by atoms with Crippen LogP contribution in [0.15, 0.2) is 24.3 Å². The van der Waals surface area contributed by atoms with Crippen LogP contribution in [0.1, 0.15) is 24.4 Å². The van der Waals surface area contributed by atoms with E-state index in [0.717, 1.165) is 31.5 Å². The fourth-order valence-electron chi connectivity index (χ4n) is 3.37. The van der Waals surface area contributed by atoms with Gasteiger partial charge in [0.1, 0.15) is 6.04 Å². The fourth-order valence-corrected chi connectivity index (χ4v) is 3.57. The van der Waals surface area contributed by atoms with Gasteiger partial charge >= 0.3 is 0 Å². The number of likely N-dealkylation sites (N-methyl/N-ethyl adjacent to an activating group) is 1. The molecule has 8 heteroatoms. The summed E-state index contributed by atoms with van der Waals surface area (Å²) in [7, 11) is 5.53. The molecule has 150 valence electrons. The normalized spacial score (nSPS) is 17.0. The Labute approximate surface area is 174 Å². The van der Waals surface area contributed by atoms with Crippen LogP contribution in [0.4, 0.5) is 0 Å². The number of hydrogen-bond donors (Lipinski definition) is 2. The second kappa shape index (κ2) is 12.0. The van der Waals surface area contributed by atoms with Crippen LogP contribution in [0, 0.1) is 5.41 Å². The number of amides is 1. The summed E-state index contributed by atoms with van der Waals surface area (Å²) in [4.78, 5) is 14.7. The third-order valence-electron chi connectivity index (χ3n) is 4.68. The van der Waals surface area contributed by atoms with Crippen LogP contribution in [0.5, 0.6) is 0 Å². The summed E-state index contributed by atoms with van der Waals surface area (Å²) in [6.07, 6.45) is 2.01. The lowest BCUT2D eigenvalue weighted by Gasteiger charge is -2.37. The zero-order valence-corrected chi connectivity index (χ0v) is 18.0. The van der Waals surface area contributed by atoms with E-state index in [9.17, 15) is 4.79 Å². The fraction of sp³-hybridized carbons (Fsp3) is 0.611. The first-order valence-corrected chi connectivity index (χ1v) is 8.74. The minimum atomic E-state index is -0.356. The molecular weight excluding hydrogens is 397 g/mol. The molecule has 1 saturated heterocycles. The molecule has 1 heterocycles. The highest BCUT2D eigenvalue weighted by Crippen LogP contribution is 2.29. The molecule has 2 rings (SSSR count). The topological polar surface area (TPSA) is 53.6 Å². The summed E-state index contributed by atoms with van der Waals surface area (Å²) < 4.78 is 5.42. The molecule has 1 aliphatic heterocycles. The van der Waals surface area contributed by atoms with Gasteiger partial charge in [-0.3, -0.25) is 9.69 Å². The van der Waals surface area contributed by atoms with Crippen molar-refractivity contribution >= 4 is 42.3 Å². The van der Waals surface area contributed by atoms with Crippen LogP contribution in [0.2, 0.25) is 5.02 Å². The van der Waals surface area contributed by atoms with Gasteiger partial charge in [0.15, 0.2) is 0 Å². The van der Waals surface area contributed by atoms with Crippen LogP contribution < -0.4 is 10.6 Å². The molecule has 0 spiro atoms. The van der Waals surface area contributed by atoms with Crippen molar-refractivity contribution < 1.29 is 9.53 Å². The summed E-state index contributed by atoms with van der Waals surface area (Å²) in [6, 6.07) is 7.12. The minimum Gasteiger partial charge on any atom is -0.384 e. The number of carbonyl (C=O) groups is 1. The van der Waals surface area contributed by atoms with Gasteiger partial charge in [0.2, 0.25) is 5.91 Å². The second-order valence-corrected chi connectivity index (χ2v) is 7.26. The van der Waals surface area contributed by atoms with Gasteiger partial charge in [0, 0.05) is 24.1 Å². The van der Waals surface area contributed by atoms with Crippen molar-refractivity contribution in [1.29, 1.82) is 0 Å². The summed E-state index contributed by atoms with van der Waals surface area (Å²) in [5, 5.41) is 7.15. The average Bonchev–Trinajstić information content (AvgIpc) is 2.54. The Hall–Kier alpha value is -0.560. The Morgan fingerprint density at radius 1 is 1.35 bits per heavy atom. The predicted octanol–water partition coefficient (Wildman–Crippen LogP) is 2.92. The minimum absolute atomic E-state index is 0. The maximum atomic E-state index is 12.8. The maximum Gasteiger partial charge on any atom is 0.241 e. The van der Waals surface area contributed by atoms with E-state index >= 15 is 0 Å². The molecular formula is C18H30Cl3N3O2. The number of nitrogens with one attached hydrogen (secondary N) is 2. The summed E-state index contributed by atoms with van der Waals surface area (Å²) >= 11 is 6.09. The molecule has 0 bridgehead atoms. The van der Waals surface area contributed by atoms with E-state index in [0.29, 0.717) is 18.2 Å². The van der Waals surface area contributed by atoms with Crippen LogP contribution in [-0.4, -0.2) is 58.3 Å². The van der Waals surface area contributed by atoms with Crippen LogP contribution >= 0.6 is 36.4 Å². The smallest absolute Gasteiger partial charge is 0.241 e. The molecule has 1 aromatic carbocycles. The van der Waals surface area contributed by atoms with Crippen molar-refractivity contribution in [3.63, 3.8) is 0 Å². The Balaban J connectivity index is 0.00000312. The number of hydrogen-bond acceptors (Lipinski definition) is 4. The highest BCUT2D eigenvalue weighted by molar-refractivity contribution is 6.30. The highest BCUT2D eigenvalue weighted by atomic mass is 35.5. The van der Waals surface area contributed by atoms with E-state index in [2.05, 4.69) is 10.6 Å². The van der Waals surface area contributed by atoms with Gasteiger partial charge in [-0.2, -0.15) is 0 Å². The average molecular weight is 427 g/mol. The zero-order valence-electron chi connectivity index (χ0n) is 15.6. The number of benzene rings is 1. The van der Waals surface area contributed by atoms with Crippen molar-refractivity contribution in [2.45, 2.75) is 18.9 Å². The molecule has 1 amide bonds. The Morgan fingerprint density at radius 2 is 2.00 bits per heavy atom. The molecule has 26 heavy (non-hydrogen) atoms. The lowest BCUT2D eigenvalue weighted by atomic mass is 9.79. The number of halogens is 3. The van der Waals surface area contributed by atoms with Gasteiger partial charge in [0.25, 0.3) is 0 Å². The molecule has 5 nitrogen and oxygen atoms in total. The molecule has 1 unspecified atom stereocenters. The number of methoxy groups -OCH3 is 1. The van der Waals surface area contributed by atoms with E-state index in [4.69, 9.17) is 16.3 Å². The second-order valence-electron chi connectivity index (χ2n) is 6.82. The van der Waals surface area contributed by atoms with Gasteiger partial charge in [-0.1, -0.05) is 23.7 Å². The SMILES string of the molecule is COCC1(CNC(=O)C(c2cccc(Cl)c2)N(C)C)CCNCC1.Cl.Cl. The summed E-state index contributed by atoms with van der Waals surface area (Å²) in [6.45, 7) is 3.22. The molecule has 0 aliphatic carbocycles. The highest BCUT2D eigenvalue weighted by Gasteiger charge is 2.33. The summed E-state index contributed by atoms with van der Waals surface area (Å²) in [5.74, 6) is -0.00345. The number of rotatable bonds is 7. The molecule has 0 aromatic heterocycles. The van der Waals surface area contributed by atoms with Crippen LogP contribution in [0.25, 0.3) is 0 Å². The van der Waals surface area contributed by atoms with E-state index in [-0.39, 0.29) is 42.2 Å². The van der Waals surface area contributed by atoms with Crippen molar-refractivity contribution in [3.8, 4) is 0 Å². The number of ether oxygens (including phenoxy) is 1. The molecule has 1 fully saturated rings. The van der Waals surface area contributed by atoms with Crippen LogP contribution in [0.3, 0.4) is 0 Å². The Morgan fingerprint density at radius 3 is 2.54 bits per heavy atom. The maximum absolute atomic E-state index is 12.8. The molecule has 1 aromatic rings. The van der Waals surface area contributed by atoms with E-state index < -0.39 is 0 Å². The lowest BCUT2D eigenvalue weighted by molar-refractivity contribution is -0.126. The lowest BCUT2D eigenvalue weighted by Crippen LogP contribution is -2.49. The van der Waals surface area contributed by atoms with Crippen molar-refractivity contribution in [2.24, 2.45) is 5.41 Å². The van der Waals surface area contributed by atoms with Gasteiger partial charge in [-0.05, 0) is 57.7 Å². The van der Waals surface area contributed by atoms with Gasteiger partial charge in [-0.15, -0.1) is 24.8 Å². The van der Waals surface area contributed by atoms with Crippen molar-refractivity contribution in [3.05, 3.63) is 34.9 Å². The van der Waals surface area contributed by atoms with Gasteiger partial charge < -0.3 is 15.4 Å². The number of carbonyl (C=O) groups excluding carboxylic acids is 1. The summed E-state index contributed by atoms with van der Waals surface area (Å²) in [5.41, 5.74) is 0.914. The van der Waals surface area contributed by atoms with Crippen molar-refractivity contribution in [1.82, 2.24) is 15.5 Å². The van der Waals surface area contributed by atoms with Crippen molar-refractivity contribution in [2.75, 3.05) is 47.4 Å². The quantitative estimate of drug-likeness (QED) is 0.704. The largest absolute Gasteiger partial charge is 0.384 e. The van der Waals surface area contributed by atoms with E-state index in [1.165, 1.54) is 0 Å². The van der Waals surface area contributed by atoms with Gasteiger partial charge in [-0.25, -0.2) is 0 Å². The first-order valence-electron chi connectivity index (χ1n) is 8.37.